The maximum atomic E-state index is 11.8. The van der Waals surface area contributed by atoms with E-state index >= 15 is 0 Å². The molecule has 1 N–H and O–H groups in total. The van der Waals surface area contributed by atoms with Gasteiger partial charge in [-0.3, -0.25) is 14.9 Å². The first-order chi connectivity index (χ1) is 8.56. The first kappa shape index (κ1) is 14.2. The van der Waals surface area contributed by atoms with Crippen molar-refractivity contribution >= 4 is 23.2 Å². The molecule has 0 atom stereocenters. The zero-order chi connectivity index (χ0) is 13.5. The molecule has 0 spiro atoms. The van der Waals surface area contributed by atoms with Gasteiger partial charge >= 0.3 is 0 Å². The average Bonchev–Trinajstić information content (AvgIpc) is 2.34. The molecule has 0 aliphatic carbocycles. The lowest BCUT2D eigenvalue weighted by atomic mass is 10.1. The molecule has 0 saturated heterocycles. The number of aryl methyl sites for hydroxylation is 1. The summed E-state index contributed by atoms with van der Waals surface area (Å²) in [5.74, 6) is -0.106. The van der Waals surface area contributed by atoms with Crippen LogP contribution in [-0.2, 0) is 0 Å². The molecule has 0 aliphatic rings. The monoisotopic (exact) mass is 268 g/mol. The van der Waals surface area contributed by atoms with Crippen molar-refractivity contribution in [2.45, 2.75) is 6.92 Å². The number of alkyl halides is 1. The SMILES string of the molecule is Cc1ccc([N+](=O)[O-])c(C(=O)NC/C=C/CCl)c1. The summed E-state index contributed by atoms with van der Waals surface area (Å²) in [7, 11) is 0. The van der Waals surface area contributed by atoms with Crippen molar-refractivity contribution in [3.63, 3.8) is 0 Å². The molecule has 0 aromatic heterocycles. The fourth-order valence-electron chi connectivity index (χ4n) is 1.38. The van der Waals surface area contributed by atoms with E-state index in [9.17, 15) is 14.9 Å². The Morgan fingerprint density at radius 3 is 2.83 bits per heavy atom. The molecule has 0 heterocycles. The number of allylic oxidation sites excluding steroid dienone is 1. The van der Waals surface area contributed by atoms with Crippen LogP contribution in [0.25, 0.3) is 0 Å². The first-order valence-corrected chi connectivity index (χ1v) is 5.84. The number of rotatable bonds is 5. The number of nitrogens with one attached hydrogen (secondary N) is 1. The Morgan fingerprint density at radius 1 is 1.50 bits per heavy atom. The Labute approximate surface area is 110 Å². The smallest absolute Gasteiger partial charge is 0.282 e. The highest BCUT2D eigenvalue weighted by molar-refractivity contribution is 6.18. The van der Waals surface area contributed by atoms with Crippen molar-refractivity contribution in [3.05, 3.63) is 51.6 Å². The number of nitro benzene ring substituents is 1. The third-order valence-electron chi connectivity index (χ3n) is 2.23. The van der Waals surface area contributed by atoms with Crippen LogP contribution in [0.5, 0.6) is 0 Å². The lowest BCUT2D eigenvalue weighted by Crippen LogP contribution is -2.24. The Bertz CT molecular complexity index is 486. The van der Waals surface area contributed by atoms with Crippen LogP contribution in [0.4, 0.5) is 5.69 Å². The second-order valence-corrected chi connectivity index (χ2v) is 3.92. The van der Waals surface area contributed by atoms with Crippen molar-refractivity contribution in [1.29, 1.82) is 0 Å². The van der Waals surface area contributed by atoms with E-state index in [1.54, 1.807) is 25.1 Å². The molecule has 1 amide bonds. The van der Waals surface area contributed by atoms with E-state index in [4.69, 9.17) is 11.6 Å². The van der Waals surface area contributed by atoms with Gasteiger partial charge in [0.1, 0.15) is 5.56 Å². The first-order valence-electron chi connectivity index (χ1n) is 5.30. The summed E-state index contributed by atoms with van der Waals surface area (Å²) in [6, 6.07) is 4.43. The van der Waals surface area contributed by atoms with Crippen LogP contribution in [-0.4, -0.2) is 23.3 Å². The summed E-state index contributed by atoms with van der Waals surface area (Å²) < 4.78 is 0. The van der Waals surface area contributed by atoms with E-state index in [0.717, 1.165) is 5.56 Å². The predicted octanol–water partition coefficient (Wildman–Crippen LogP) is 2.43. The minimum atomic E-state index is -0.567. The number of amides is 1. The van der Waals surface area contributed by atoms with Gasteiger partial charge in [0, 0.05) is 18.5 Å². The van der Waals surface area contributed by atoms with Crippen molar-refractivity contribution in [1.82, 2.24) is 5.32 Å². The van der Waals surface area contributed by atoms with Crippen molar-refractivity contribution < 1.29 is 9.72 Å². The van der Waals surface area contributed by atoms with Gasteiger partial charge in [-0.05, 0) is 18.6 Å². The van der Waals surface area contributed by atoms with Gasteiger partial charge in [-0.1, -0.05) is 18.2 Å². The molecule has 96 valence electrons. The summed E-state index contributed by atoms with van der Waals surface area (Å²) in [6.45, 7) is 2.06. The van der Waals surface area contributed by atoms with E-state index in [2.05, 4.69) is 5.32 Å². The molecular weight excluding hydrogens is 256 g/mol. The van der Waals surface area contributed by atoms with Gasteiger partial charge in [-0.15, -0.1) is 11.6 Å². The van der Waals surface area contributed by atoms with Crippen LogP contribution in [0.2, 0.25) is 0 Å². The molecule has 0 radical (unpaired) electrons. The van der Waals surface area contributed by atoms with Crippen molar-refractivity contribution in [2.24, 2.45) is 0 Å². The lowest BCUT2D eigenvalue weighted by molar-refractivity contribution is -0.385. The quantitative estimate of drug-likeness (QED) is 0.386. The van der Waals surface area contributed by atoms with E-state index in [-0.39, 0.29) is 17.8 Å². The molecule has 0 fully saturated rings. The molecule has 0 saturated carbocycles. The third-order valence-corrected chi connectivity index (χ3v) is 2.41. The minimum Gasteiger partial charge on any atom is -0.348 e. The fourth-order valence-corrected chi connectivity index (χ4v) is 1.51. The van der Waals surface area contributed by atoms with Crippen LogP contribution in [0.15, 0.2) is 30.4 Å². The number of nitro groups is 1. The Morgan fingerprint density at radius 2 is 2.22 bits per heavy atom. The van der Waals surface area contributed by atoms with Crippen LogP contribution in [0.1, 0.15) is 15.9 Å². The molecule has 1 aromatic carbocycles. The second kappa shape index (κ2) is 6.76. The molecular formula is C12H13ClN2O3. The van der Waals surface area contributed by atoms with Gasteiger partial charge in [-0.2, -0.15) is 0 Å². The van der Waals surface area contributed by atoms with Crippen LogP contribution >= 0.6 is 11.6 Å². The second-order valence-electron chi connectivity index (χ2n) is 3.61. The van der Waals surface area contributed by atoms with Crippen molar-refractivity contribution in [2.75, 3.05) is 12.4 Å². The molecule has 0 unspecified atom stereocenters. The maximum Gasteiger partial charge on any atom is 0.282 e. The van der Waals surface area contributed by atoms with Gasteiger partial charge in [-0.25, -0.2) is 0 Å². The highest BCUT2D eigenvalue weighted by Gasteiger charge is 2.19. The highest BCUT2D eigenvalue weighted by Crippen LogP contribution is 2.19. The highest BCUT2D eigenvalue weighted by atomic mass is 35.5. The number of halogens is 1. The Balaban J connectivity index is 2.87. The van der Waals surface area contributed by atoms with Gasteiger partial charge in [0.2, 0.25) is 0 Å². The number of hydrogen-bond donors (Lipinski definition) is 1. The largest absolute Gasteiger partial charge is 0.348 e. The summed E-state index contributed by atoms with van der Waals surface area (Å²) in [4.78, 5) is 22.0. The number of nitrogens with zero attached hydrogens (tertiary/aromatic N) is 1. The van der Waals surface area contributed by atoms with E-state index < -0.39 is 10.8 Å². The van der Waals surface area contributed by atoms with Gasteiger partial charge in [0.05, 0.1) is 4.92 Å². The minimum absolute atomic E-state index is 0.0688. The van der Waals surface area contributed by atoms with Gasteiger partial charge in [0.15, 0.2) is 0 Å². The molecule has 5 nitrogen and oxygen atoms in total. The van der Waals surface area contributed by atoms with E-state index in [1.807, 2.05) is 0 Å². The summed E-state index contributed by atoms with van der Waals surface area (Å²) in [6.07, 6.45) is 3.37. The van der Waals surface area contributed by atoms with E-state index in [0.29, 0.717) is 5.88 Å². The molecule has 1 rings (SSSR count). The Kier molecular flexibility index (Phi) is 5.32. The number of carbonyl (C=O) groups is 1. The molecule has 6 heteroatoms. The lowest BCUT2D eigenvalue weighted by Gasteiger charge is -2.04. The molecule has 0 aliphatic heterocycles. The maximum absolute atomic E-state index is 11.8. The van der Waals surface area contributed by atoms with Gasteiger partial charge in [0.25, 0.3) is 11.6 Å². The Hall–Kier alpha value is -1.88. The number of carbonyl (C=O) groups excluding carboxylic acids is 1. The molecule has 18 heavy (non-hydrogen) atoms. The molecule has 0 bridgehead atoms. The standard InChI is InChI=1S/C12H13ClN2O3/c1-9-4-5-11(15(17)18)10(8-9)12(16)14-7-3-2-6-13/h2-5,8H,6-7H2,1H3,(H,14,16)/b3-2+. The van der Waals surface area contributed by atoms with Crippen LogP contribution in [0, 0.1) is 17.0 Å². The van der Waals surface area contributed by atoms with Gasteiger partial charge < -0.3 is 5.32 Å². The zero-order valence-electron chi connectivity index (χ0n) is 9.85. The zero-order valence-corrected chi connectivity index (χ0v) is 10.6. The third kappa shape index (κ3) is 3.85. The predicted molar refractivity (Wildman–Crippen MR) is 70.0 cm³/mol. The van der Waals surface area contributed by atoms with E-state index in [1.165, 1.54) is 12.1 Å². The molecule has 1 aromatic rings. The van der Waals surface area contributed by atoms with Crippen LogP contribution in [0.3, 0.4) is 0 Å². The van der Waals surface area contributed by atoms with Crippen molar-refractivity contribution in [3.8, 4) is 0 Å². The fraction of sp³-hybridized carbons (Fsp3) is 0.250. The number of hydrogen-bond acceptors (Lipinski definition) is 3. The van der Waals surface area contributed by atoms with Crippen LogP contribution < -0.4 is 5.32 Å². The average molecular weight is 269 g/mol. The summed E-state index contributed by atoms with van der Waals surface area (Å²) >= 11 is 5.43. The topological polar surface area (TPSA) is 72.2 Å². The number of benzene rings is 1. The summed E-state index contributed by atoms with van der Waals surface area (Å²) in [5.41, 5.74) is 0.667. The summed E-state index contributed by atoms with van der Waals surface area (Å²) in [5, 5.41) is 13.4. The normalized spacial score (nSPS) is 10.6.